The maximum absolute atomic E-state index is 12.8. The minimum absolute atomic E-state index is 0.00662. The van der Waals surface area contributed by atoms with Gasteiger partial charge in [0, 0.05) is 9.94 Å². The molecule has 0 saturated heterocycles. The lowest BCUT2D eigenvalue weighted by atomic mass is 9.72. The summed E-state index contributed by atoms with van der Waals surface area (Å²) in [4.78, 5) is 4.02. The monoisotopic (exact) mass is 326 g/mol. The van der Waals surface area contributed by atoms with Gasteiger partial charge in [0.15, 0.2) is 5.75 Å². The SMILES string of the molecule is CC1(C)CC2(CC(C)(C)c3ccc(OF)cc32)c2cc(O)ccc21. The van der Waals surface area contributed by atoms with Crippen LogP contribution in [0.15, 0.2) is 36.4 Å². The van der Waals surface area contributed by atoms with Gasteiger partial charge in [0.2, 0.25) is 0 Å². The summed E-state index contributed by atoms with van der Waals surface area (Å²) in [5, 5.41) is 10.1. The van der Waals surface area contributed by atoms with E-state index in [0.29, 0.717) is 0 Å². The predicted molar refractivity (Wildman–Crippen MR) is 92.4 cm³/mol. The van der Waals surface area contributed by atoms with Crippen LogP contribution < -0.4 is 4.94 Å². The standard InChI is InChI=1S/C21H23FO2/c1-19(2)11-21(17-9-13(23)5-7-15(17)19)12-20(3,4)16-8-6-14(24-22)10-18(16)21/h5-10,23H,11-12H2,1-4H3. The molecule has 2 aliphatic carbocycles. The number of phenols is 1. The third kappa shape index (κ3) is 1.87. The lowest BCUT2D eigenvalue weighted by Gasteiger charge is -2.30. The van der Waals surface area contributed by atoms with E-state index in [2.05, 4.69) is 32.6 Å². The van der Waals surface area contributed by atoms with Crippen LogP contribution in [0.1, 0.15) is 62.8 Å². The fourth-order valence-corrected chi connectivity index (χ4v) is 5.36. The topological polar surface area (TPSA) is 29.5 Å². The summed E-state index contributed by atoms with van der Waals surface area (Å²) in [6.45, 7) is 8.98. The molecule has 0 fully saturated rings. The number of benzene rings is 2. The Morgan fingerprint density at radius 1 is 0.833 bits per heavy atom. The van der Waals surface area contributed by atoms with Gasteiger partial charge in [-0.2, -0.15) is 0 Å². The molecule has 0 aliphatic heterocycles. The van der Waals surface area contributed by atoms with Gasteiger partial charge in [0.05, 0.1) is 0 Å². The predicted octanol–water partition coefficient (Wildman–Crippen LogP) is 5.30. The van der Waals surface area contributed by atoms with Gasteiger partial charge < -0.3 is 5.11 Å². The van der Waals surface area contributed by atoms with Gasteiger partial charge in [0.25, 0.3) is 0 Å². The van der Waals surface area contributed by atoms with E-state index in [1.165, 1.54) is 16.7 Å². The van der Waals surface area contributed by atoms with Crippen LogP contribution in [0, 0.1) is 0 Å². The Morgan fingerprint density at radius 2 is 1.38 bits per heavy atom. The summed E-state index contributed by atoms with van der Waals surface area (Å²) in [5.74, 6) is 0.534. The van der Waals surface area contributed by atoms with Crippen molar-refractivity contribution in [3.8, 4) is 11.5 Å². The molecule has 2 aromatic carbocycles. The lowest BCUT2D eigenvalue weighted by molar-refractivity contribution is -0.00635. The molecule has 1 unspecified atom stereocenters. The first-order valence-corrected chi connectivity index (χ1v) is 8.47. The highest BCUT2D eigenvalue weighted by molar-refractivity contribution is 5.61. The molecule has 0 bridgehead atoms. The van der Waals surface area contributed by atoms with Crippen molar-refractivity contribution in [3.63, 3.8) is 0 Å². The minimum Gasteiger partial charge on any atom is -0.508 e. The highest BCUT2D eigenvalue weighted by atomic mass is 19.3. The molecule has 1 spiro atoms. The molecule has 24 heavy (non-hydrogen) atoms. The number of aromatic hydroxyl groups is 1. The zero-order chi connectivity index (χ0) is 17.3. The molecule has 2 aliphatic rings. The first-order chi connectivity index (χ1) is 11.2. The highest BCUT2D eigenvalue weighted by Crippen LogP contribution is 2.63. The number of halogens is 1. The van der Waals surface area contributed by atoms with Crippen molar-refractivity contribution in [3.05, 3.63) is 58.7 Å². The van der Waals surface area contributed by atoms with Crippen molar-refractivity contribution in [2.45, 2.75) is 56.8 Å². The van der Waals surface area contributed by atoms with Gasteiger partial charge in [-0.25, -0.2) is 0 Å². The third-order valence-corrected chi connectivity index (χ3v) is 6.06. The molecule has 2 nitrogen and oxygen atoms in total. The molecular formula is C21H23FO2. The summed E-state index contributed by atoms with van der Waals surface area (Å²) in [6, 6.07) is 11.2. The van der Waals surface area contributed by atoms with E-state index < -0.39 is 0 Å². The quantitative estimate of drug-likeness (QED) is 0.770. The second-order valence-corrected chi connectivity index (χ2v) is 8.72. The Kier molecular flexibility index (Phi) is 2.92. The van der Waals surface area contributed by atoms with Crippen LogP contribution in [0.5, 0.6) is 11.5 Å². The van der Waals surface area contributed by atoms with Crippen LogP contribution in [0.3, 0.4) is 0 Å². The van der Waals surface area contributed by atoms with Crippen LogP contribution in [-0.2, 0) is 16.2 Å². The van der Waals surface area contributed by atoms with E-state index in [4.69, 9.17) is 0 Å². The van der Waals surface area contributed by atoms with Crippen LogP contribution >= 0.6 is 0 Å². The minimum atomic E-state index is -0.203. The first-order valence-electron chi connectivity index (χ1n) is 8.47. The van der Waals surface area contributed by atoms with Crippen molar-refractivity contribution < 1.29 is 14.6 Å². The van der Waals surface area contributed by atoms with Crippen LogP contribution in [0.2, 0.25) is 0 Å². The molecule has 1 atom stereocenters. The largest absolute Gasteiger partial charge is 0.508 e. The van der Waals surface area contributed by atoms with Gasteiger partial charge in [-0.1, -0.05) is 39.8 Å². The van der Waals surface area contributed by atoms with Gasteiger partial charge in [-0.3, -0.25) is 4.94 Å². The average Bonchev–Trinajstić information content (AvgIpc) is 2.87. The zero-order valence-corrected chi connectivity index (χ0v) is 14.6. The number of hydrogen-bond acceptors (Lipinski definition) is 2. The second-order valence-electron chi connectivity index (χ2n) is 8.72. The van der Waals surface area contributed by atoms with Crippen molar-refractivity contribution in [1.82, 2.24) is 0 Å². The number of rotatable bonds is 1. The molecule has 0 radical (unpaired) electrons. The second kappa shape index (κ2) is 4.53. The fourth-order valence-electron chi connectivity index (χ4n) is 5.36. The summed E-state index contributed by atoms with van der Waals surface area (Å²) < 4.78 is 12.8. The molecule has 1 N–H and O–H groups in total. The van der Waals surface area contributed by atoms with E-state index >= 15 is 0 Å². The Hall–Kier alpha value is -2.03. The van der Waals surface area contributed by atoms with E-state index in [-0.39, 0.29) is 27.7 Å². The molecule has 4 rings (SSSR count). The average molecular weight is 326 g/mol. The Bertz CT molecular complexity index is 834. The lowest BCUT2D eigenvalue weighted by Crippen LogP contribution is -2.26. The molecule has 0 amide bonds. The van der Waals surface area contributed by atoms with E-state index in [1.807, 2.05) is 24.3 Å². The number of hydrogen-bond donors (Lipinski definition) is 1. The van der Waals surface area contributed by atoms with Crippen LogP contribution in [-0.4, -0.2) is 5.11 Å². The van der Waals surface area contributed by atoms with Crippen molar-refractivity contribution >= 4 is 0 Å². The zero-order valence-electron chi connectivity index (χ0n) is 14.6. The Balaban J connectivity index is 2.04. The van der Waals surface area contributed by atoms with Crippen molar-refractivity contribution in [1.29, 1.82) is 0 Å². The maximum Gasteiger partial charge on any atom is 0.172 e. The number of phenolic OH excluding ortho intramolecular Hbond substituents is 1. The summed E-state index contributed by atoms with van der Waals surface area (Å²) in [6.07, 6.45) is 1.90. The van der Waals surface area contributed by atoms with Gasteiger partial charge in [-0.05, 0) is 70.2 Å². The molecule has 0 saturated carbocycles. The van der Waals surface area contributed by atoms with E-state index in [9.17, 15) is 9.63 Å². The van der Waals surface area contributed by atoms with Crippen molar-refractivity contribution in [2.75, 3.05) is 0 Å². The third-order valence-electron chi connectivity index (χ3n) is 6.06. The van der Waals surface area contributed by atoms with Crippen LogP contribution in [0.4, 0.5) is 4.53 Å². The molecule has 126 valence electrons. The van der Waals surface area contributed by atoms with E-state index in [0.717, 1.165) is 18.4 Å². The summed E-state index contributed by atoms with van der Waals surface area (Å²) >= 11 is 0. The first kappa shape index (κ1) is 15.5. The molecule has 3 heteroatoms. The molecule has 0 aromatic heterocycles. The Labute approximate surface area is 142 Å². The van der Waals surface area contributed by atoms with Crippen LogP contribution in [0.25, 0.3) is 0 Å². The fraction of sp³-hybridized carbons (Fsp3) is 0.429. The number of fused-ring (bicyclic) bond motifs is 4. The Morgan fingerprint density at radius 3 is 1.96 bits per heavy atom. The van der Waals surface area contributed by atoms with Crippen molar-refractivity contribution in [2.24, 2.45) is 0 Å². The smallest absolute Gasteiger partial charge is 0.172 e. The summed E-state index contributed by atoms with van der Waals surface area (Å²) in [5.41, 5.74) is 4.63. The molecule has 0 heterocycles. The normalized spacial score (nSPS) is 25.5. The molecular weight excluding hydrogens is 303 g/mol. The highest BCUT2D eigenvalue weighted by Gasteiger charge is 2.56. The maximum atomic E-state index is 12.8. The van der Waals surface area contributed by atoms with E-state index in [1.54, 1.807) is 12.1 Å². The summed E-state index contributed by atoms with van der Waals surface area (Å²) in [7, 11) is 0. The van der Waals surface area contributed by atoms with Gasteiger partial charge in [0.1, 0.15) is 5.75 Å². The van der Waals surface area contributed by atoms with Gasteiger partial charge in [-0.15, -0.1) is 0 Å². The van der Waals surface area contributed by atoms with Gasteiger partial charge >= 0.3 is 0 Å². The molecule has 2 aromatic rings.